The first-order valence-electron chi connectivity index (χ1n) is 12.2. The fourth-order valence-corrected chi connectivity index (χ4v) is 4.46. The number of aromatic nitrogens is 2. The molecule has 0 unspecified atom stereocenters. The Morgan fingerprint density at radius 3 is 2.45 bits per heavy atom. The van der Waals surface area contributed by atoms with Crippen LogP contribution in [-0.4, -0.2) is 43.8 Å². The van der Waals surface area contributed by atoms with Crippen molar-refractivity contribution >= 4 is 27.4 Å². The number of carbonyl (C=O) groups is 1. The van der Waals surface area contributed by atoms with Crippen molar-refractivity contribution in [2.45, 2.75) is 39.3 Å². The molecule has 2 aromatic carbocycles. The van der Waals surface area contributed by atoms with Gasteiger partial charge < -0.3 is 10.5 Å². The first-order chi connectivity index (χ1) is 18.1. The zero-order chi connectivity index (χ0) is 27.9. The number of nitrogens with two attached hydrogens (primary N) is 1. The summed E-state index contributed by atoms with van der Waals surface area (Å²) in [6.45, 7) is 2.43. The van der Waals surface area contributed by atoms with Gasteiger partial charge in [0.15, 0.2) is 5.69 Å². The van der Waals surface area contributed by atoms with Gasteiger partial charge in [-0.05, 0) is 36.6 Å². The van der Waals surface area contributed by atoms with Crippen LogP contribution in [-0.2, 0) is 29.5 Å². The predicted octanol–water partition coefficient (Wildman–Crippen LogP) is 1.87. The van der Waals surface area contributed by atoms with Gasteiger partial charge in [-0.2, -0.15) is 0 Å². The van der Waals surface area contributed by atoms with Gasteiger partial charge in [0.2, 0.25) is 10.0 Å². The van der Waals surface area contributed by atoms with E-state index in [-0.39, 0.29) is 36.7 Å². The van der Waals surface area contributed by atoms with E-state index in [1.54, 1.807) is 48.5 Å². The summed E-state index contributed by atoms with van der Waals surface area (Å²) in [5.41, 5.74) is 6.54. The predicted molar refractivity (Wildman–Crippen MR) is 147 cm³/mol. The van der Waals surface area contributed by atoms with Gasteiger partial charge in [0.1, 0.15) is 11.6 Å². The van der Waals surface area contributed by atoms with Crippen LogP contribution in [0.4, 0.5) is 11.5 Å². The van der Waals surface area contributed by atoms with Crippen molar-refractivity contribution in [2.75, 3.05) is 30.5 Å². The number of amides is 1. The molecule has 0 radical (unpaired) electrons. The summed E-state index contributed by atoms with van der Waals surface area (Å²) in [6.07, 6.45) is 2.98. The first kappa shape index (κ1) is 28.7. The Bertz CT molecular complexity index is 1500. The number of methoxy groups -OCH3 is 1. The summed E-state index contributed by atoms with van der Waals surface area (Å²) < 4.78 is 31.7. The van der Waals surface area contributed by atoms with Crippen molar-refractivity contribution in [3.63, 3.8) is 0 Å². The molecule has 1 amide bonds. The number of unbranched alkanes of at least 4 members (excludes halogenated alkanes) is 1. The fourth-order valence-electron chi connectivity index (χ4n) is 3.98. The summed E-state index contributed by atoms with van der Waals surface area (Å²) in [7, 11) is -1.80. The second kappa shape index (κ2) is 12.6. The van der Waals surface area contributed by atoms with Crippen LogP contribution >= 0.6 is 0 Å². The van der Waals surface area contributed by atoms with Gasteiger partial charge in [-0.3, -0.25) is 24.0 Å². The number of rotatable bonds is 12. The second-order valence-corrected chi connectivity index (χ2v) is 10.6. The molecule has 0 bridgehead atoms. The van der Waals surface area contributed by atoms with Crippen LogP contribution < -0.4 is 31.3 Å². The van der Waals surface area contributed by atoms with Gasteiger partial charge in [0, 0.05) is 24.2 Å². The van der Waals surface area contributed by atoms with Crippen molar-refractivity contribution in [3.8, 4) is 5.75 Å². The van der Waals surface area contributed by atoms with Gasteiger partial charge in [-0.25, -0.2) is 17.9 Å². The standard InChI is InChI=1S/C26H33N5O6S/c1-4-5-16-30-23(27)22(24(32)29-26(30)34)31(17-20-8-6-7-9-21(20)37-2)25(33)19-12-10-18(11-13-19)14-15-28-38(3,35)36/h6-13,28H,4-5,14-17,27H2,1-3H3,(H,29,32,34). The lowest BCUT2D eigenvalue weighted by Crippen LogP contribution is -2.41. The number of H-pyrrole nitrogens is 1. The Balaban J connectivity index is 2.04. The van der Waals surface area contributed by atoms with E-state index >= 15 is 0 Å². The number of aromatic amines is 1. The highest BCUT2D eigenvalue weighted by Gasteiger charge is 2.26. The highest BCUT2D eigenvalue weighted by molar-refractivity contribution is 7.88. The summed E-state index contributed by atoms with van der Waals surface area (Å²) in [4.78, 5) is 42.9. The Labute approximate surface area is 221 Å². The molecule has 0 aliphatic carbocycles. The molecule has 0 saturated heterocycles. The fraction of sp³-hybridized carbons (Fsp3) is 0.346. The van der Waals surface area contributed by atoms with Gasteiger partial charge in [-0.15, -0.1) is 0 Å². The van der Waals surface area contributed by atoms with E-state index in [1.165, 1.54) is 16.6 Å². The Morgan fingerprint density at radius 1 is 1.13 bits per heavy atom. The highest BCUT2D eigenvalue weighted by atomic mass is 32.2. The van der Waals surface area contributed by atoms with Crippen LogP contribution in [0.15, 0.2) is 58.1 Å². The normalized spacial score (nSPS) is 11.3. The number of nitrogen functional groups attached to an aromatic ring is 1. The minimum Gasteiger partial charge on any atom is -0.496 e. The quantitative estimate of drug-likeness (QED) is 0.315. The molecule has 11 nitrogen and oxygen atoms in total. The molecule has 12 heteroatoms. The lowest BCUT2D eigenvalue weighted by Gasteiger charge is -2.25. The third-order valence-electron chi connectivity index (χ3n) is 5.96. The molecule has 0 aliphatic heterocycles. The molecule has 1 heterocycles. The first-order valence-corrected chi connectivity index (χ1v) is 14.0. The maximum atomic E-state index is 13.8. The molecular formula is C26H33N5O6S. The van der Waals surface area contributed by atoms with Crippen molar-refractivity contribution in [2.24, 2.45) is 0 Å². The summed E-state index contributed by atoms with van der Waals surface area (Å²) in [6, 6.07) is 13.7. The van der Waals surface area contributed by atoms with Gasteiger partial charge >= 0.3 is 5.69 Å². The third-order valence-corrected chi connectivity index (χ3v) is 6.69. The molecule has 3 rings (SSSR count). The number of ether oxygens (including phenoxy) is 1. The Morgan fingerprint density at radius 2 is 1.82 bits per heavy atom. The maximum absolute atomic E-state index is 13.8. The molecule has 3 aromatic rings. The number of hydrogen-bond acceptors (Lipinski definition) is 7. The molecule has 0 spiro atoms. The van der Waals surface area contributed by atoms with Crippen molar-refractivity contribution in [1.82, 2.24) is 14.3 Å². The van der Waals surface area contributed by atoms with E-state index in [4.69, 9.17) is 10.5 Å². The summed E-state index contributed by atoms with van der Waals surface area (Å²) in [5, 5.41) is 0. The van der Waals surface area contributed by atoms with Crippen LogP contribution in [0.5, 0.6) is 5.75 Å². The molecule has 1 aromatic heterocycles. The number of nitrogens with zero attached hydrogens (tertiary/aromatic N) is 2. The number of para-hydroxylation sites is 1. The van der Waals surface area contributed by atoms with Crippen LogP contribution in [0, 0.1) is 0 Å². The Kier molecular flexibility index (Phi) is 9.48. The van der Waals surface area contributed by atoms with E-state index in [1.807, 2.05) is 6.92 Å². The number of sulfonamides is 1. The van der Waals surface area contributed by atoms with Crippen molar-refractivity contribution < 1.29 is 17.9 Å². The van der Waals surface area contributed by atoms with Crippen LogP contribution in [0.1, 0.15) is 41.3 Å². The molecule has 4 N–H and O–H groups in total. The average Bonchev–Trinajstić information content (AvgIpc) is 2.87. The van der Waals surface area contributed by atoms with E-state index in [2.05, 4.69) is 9.71 Å². The third kappa shape index (κ3) is 7.11. The number of anilines is 2. The SMILES string of the molecule is CCCCn1c(N)c(N(Cc2ccccc2OC)C(=O)c2ccc(CCNS(C)(=O)=O)cc2)c(=O)[nH]c1=O. The number of benzene rings is 2. The molecule has 38 heavy (non-hydrogen) atoms. The van der Waals surface area contributed by atoms with Crippen molar-refractivity contribution in [3.05, 3.63) is 86.1 Å². The minimum atomic E-state index is -3.30. The van der Waals surface area contributed by atoms with Crippen LogP contribution in [0.2, 0.25) is 0 Å². The summed E-state index contributed by atoms with van der Waals surface area (Å²) in [5.74, 6) is -0.0816. The summed E-state index contributed by atoms with van der Waals surface area (Å²) >= 11 is 0. The zero-order valence-corrected chi connectivity index (χ0v) is 22.5. The van der Waals surface area contributed by atoms with Crippen LogP contribution in [0.25, 0.3) is 0 Å². The molecule has 0 saturated carbocycles. The molecule has 0 atom stereocenters. The van der Waals surface area contributed by atoms with E-state index in [0.717, 1.165) is 18.2 Å². The monoisotopic (exact) mass is 543 g/mol. The smallest absolute Gasteiger partial charge is 0.330 e. The van der Waals surface area contributed by atoms with Crippen molar-refractivity contribution in [1.29, 1.82) is 0 Å². The van der Waals surface area contributed by atoms with E-state index in [0.29, 0.717) is 24.2 Å². The topological polar surface area (TPSA) is 157 Å². The largest absolute Gasteiger partial charge is 0.496 e. The van der Waals surface area contributed by atoms with Gasteiger partial charge in [0.25, 0.3) is 11.5 Å². The van der Waals surface area contributed by atoms with Gasteiger partial charge in [0.05, 0.1) is 19.9 Å². The second-order valence-electron chi connectivity index (χ2n) is 8.81. The van der Waals surface area contributed by atoms with E-state index in [9.17, 15) is 22.8 Å². The minimum absolute atomic E-state index is 0.0395. The van der Waals surface area contributed by atoms with Gasteiger partial charge in [-0.1, -0.05) is 43.7 Å². The maximum Gasteiger partial charge on any atom is 0.330 e. The Hall–Kier alpha value is -3.90. The van der Waals surface area contributed by atoms with E-state index < -0.39 is 27.2 Å². The highest BCUT2D eigenvalue weighted by Crippen LogP contribution is 2.26. The molecule has 0 aliphatic rings. The molecule has 0 fully saturated rings. The lowest BCUT2D eigenvalue weighted by molar-refractivity contribution is 0.0984. The number of nitrogens with one attached hydrogen (secondary N) is 2. The number of carbonyl (C=O) groups excluding carboxylic acids is 1. The van der Waals surface area contributed by atoms with Crippen LogP contribution in [0.3, 0.4) is 0 Å². The molecule has 204 valence electrons. The lowest BCUT2D eigenvalue weighted by atomic mass is 10.1. The average molecular weight is 544 g/mol. The number of hydrogen-bond donors (Lipinski definition) is 3. The molecular weight excluding hydrogens is 510 g/mol. The zero-order valence-electron chi connectivity index (χ0n) is 21.7.